The van der Waals surface area contributed by atoms with Gasteiger partial charge in [-0.15, -0.1) is 12.6 Å². The zero-order chi connectivity index (χ0) is 14.1. The molecule has 0 aliphatic rings. The van der Waals surface area contributed by atoms with Gasteiger partial charge < -0.3 is 5.11 Å². The van der Waals surface area contributed by atoms with Gasteiger partial charge in [0, 0.05) is 11.5 Å². The summed E-state index contributed by atoms with van der Waals surface area (Å²) in [6.45, 7) is 13.5. The predicted octanol–water partition coefficient (Wildman–Crippen LogP) is 4.24. The van der Waals surface area contributed by atoms with Crippen molar-refractivity contribution in [1.82, 2.24) is 0 Å². The lowest BCUT2D eigenvalue weighted by atomic mass is 9.74. The molecule has 1 N–H and O–H groups in total. The zero-order valence-electron chi connectivity index (χ0n) is 12.5. The molecule has 1 nitrogen and oxygen atoms in total. The first kappa shape index (κ1) is 15.6. The van der Waals surface area contributed by atoms with Gasteiger partial charge in [-0.2, -0.15) is 0 Å². The fraction of sp³-hybridized carbons (Fsp3) is 0.625. The zero-order valence-corrected chi connectivity index (χ0v) is 13.4. The van der Waals surface area contributed by atoms with E-state index in [1.165, 1.54) is 16.7 Å². The molecule has 0 atom stereocenters. The SMILES string of the molecule is Cc1c(C(C)(C)C)cc(S)cc1C(C)(C)CCO. The number of aliphatic hydroxyl groups excluding tert-OH is 1. The van der Waals surface area contributed by atoms with Gasteiger partial charge >= 0.3 is 0 Å². The molecular formula is C16H26OS. The average Bonchev–Trinajstić information content (AvgIpc) is 2.19. The molecule has 0 aliphatic carbocycles. The van der Waals surface area contributed by atoms with Crippen LogP contribution in [0.4, 0.5) is 0 Å². The van der Waals surface area contributed by atoms with E-state index in [2.05, 4.69) is 66.3 Å². The van der Waals surface area contributed by atoms with Crippen LogP contribution in [0.15, 0.2) is 17.0 Å². The lowest BCUT2D eigenvalue weighted by Gasteiger charge is -2.31. The van der Waals surface area contributed by atoms with Crippen molar-refractivity contribution in [1.29, 1.82) is 0 Å². The van der Waals surface area contributed by atoms with E-state index in [9.17, 15) is 5.11 Å². The molecule has 0 spiro atoms. The molecule has 0 bridgehead atoms. The lowest BCUT2D eigenvalue weighted by Crippen LogP contribution is -2.23. The molecule has 0 saturated heterocycles. The molecule has 0 fully saturated rings. The Morgan fingerprint density at radius 3 is 2.00 bits per heavy atom. The fourth-order valence-corrected chi connectivity index (χ4v) is 2.85. The minimum absolute atomic E-state index is 0.0163. The second-order valence-corrected chi connectivity index (χ2v) is 7.29. The molecule has 2 heteroatoms. The maximum atomic E-state index is 9.23. The average molecular weight is 266 g/mol. The van der Waals surface area contributed by atoms with Gasteiger partial charge in [0.25, 0.3) is 0 Å². The molecule has 102 valence electrons. The molecule has 0 unspecified atom stereocenters. The molecular weight excluding hydrogens is 240 g/mol. The molecule has 0 heterocycles. The molecule has 1 aromatic carbocycles. The van der Waals surface area contributed by atoms with Gasteiger partial charge in [-0.3, -0.25) is 0 Å². The minimum atomic E-state index is -0.0163. The number of hydrogen-bond acceptors (Lipinski definition) is 2. The van der Waals surface area contributed by atoms with Crippen molar-refractivity contribution < 1.29 is 5.11 Å². The Kier molecular flexibility index (Phi) is 4.56. The smallest absolute Gasteiger partial charge is 0.0439 e. The summed E-state index contributed by atoms with van der Waals surface area (Å²) in [5.74, 6) is 0. The van der Waals surface area contributed by atoms with Crippen molar-refractivity contribution in [3.63, 3.8) is 0 Å². The quantitative estimate of drug-likeness (QED) is 0.784. The van der Waals surface area contributed by atoms with Crippen molar-refractivity contribution in [2.24, 2.45) is 0 Å². The summed E-state index contributed by atoms with van der Waals surface area (Å²) in [5.41, 5.74) is 4.08. The van der Waals surface area contributed by atoms with Gasteiger partial charge in [0.15, 0.2) is 0 Å². The van der Waals surface area contributed by atoms with Gasteiger partial charge in [0.2, 0.25) is 0 Å². The van der Waals surface area contributed by atoms with Crippen LogP contribution in [-0.2, 0) is 10.8 Å². The van der Waals surface area contributed by atoms with Crippen molar-refractivity contribution in [2.45, 2.75) is 63.7 Å². The number of hydrogen-bond donors (Lipinski definition) is 2. The molecule has 0 aliphatic heterocycles. The van der Waals surface area contributed by atoms with E-state index in [0.29, 0.717) is 0 Å². The van der Waals surface area contributed by atoms with Gasteiger partial charge in [-0.25, -0.2) is 0 Å². The fourth-order valence-electron chi connectivity index (χ4n) is 2.60. The minimum Gasteiger partial charge on any atom is -0.396 e. The highest BCUT2D eigenvalue weighted by atomic mass is 32.1. The van der Waals surface area contributed by atoms with Crippen LogP contribution in [-0.4, -0.2) is 11.7 Å². The largest absolute Gasteiger partial charge is 0.396 e. The van der Waals surface area contributed by atoms with Crippen LogP contribution in [0.25, 0.3) is 0 Å². The van der Waals surface area contributed by atoms with Gasteiger partial charge in [-0.05, 0) is 53.0 Å². The molecule has 0 saturated carbocycles. The van der Waals surface area contributed by atoms with E-state index in [4.69, 9.17) is 0 Å². The third-order valence-electron chi connectivity index (χ3n) is 3.67. The highest BCUT2D eigenvalue weighted by molar-refractivity contribution is 7.80. The monoisotopic (exact) mass is 266 g/mol. The number of thiol groups is 1. The van der Waals surface area contributed by atoms with E-state index < -0.39 is 0 Å². The van der Waals surface area contributed by atoms with E-state index in [-0.39, 0.29) is 17.4 Å². The van der Waals surface area contributed by atoms with E-state index in [1.807, 2.05) is 0 Å². The standard InChI is InChI=1S/C16H26OS/c1-11-13(15(2,3)4)9-12(18)10-14(11)16(5,6)7-8-17/h9-10,17-18H,7-8H2,1-6H3. The highest BCUT2D eigenvalue weighted by Gasteiger charge is 2.26. The van der Waals surface area contributed by atoms with Crippen LogP contribution in [0.2, 0.25) is 0 Å². The predicted molar refractivity (Wildman–Crippen MR) is 81.9 cm³/mol. The molecule has 0 radical (unpaired) electrons. The van der Waals surface area contributed by atoms with Gasteiger partial charge in [0.1, 0.15) is 0 Å². The van der Waals surface area contributed by atoms with Crippen molar-refractivity contribution in [3.05, 3.63) is 28.8 Å². The van der Waals surface area contributed by atoms with Crippen LogP contribution < -0.4 is 0 Å². The summed E-state index contributed by atoms with van der Waals surface area (Å²) in [5, 5.41) is 9.23. The second kappa shape index (κ2) is 5.26. The first-order valence-electron chi connectivity index (χ1n) is 6.55. The van der Waals surface area contributed by atoms with E-state index >= 15 is 0 Å². The summed E-state index contributed by atoms with van der Waals surface area (Å²) in [6, 6.07) is 4.31. The molecule has 0 amide bonds. The summed E-state index contributed by atoms with van der Waals surface area (Å²) < 4.78 is 0. The Labute approximate surface area is 117 Å². The van der Waals surface area contributed by atoms with Gasteiger partial charge in [0.05, 0.1) is 0 Å². The molecule has 1 rings (SSSR count). The Balaban J connectivity index is 3.43. The van der Waals surface area contributed by atoms with Crippen LogP contribution in [0.1, 0.15) is 57.7 Å². The first-order chi connectivity index (χ1) is 8.09. The topological polar surface area (TPSA) is 20.2 Å². The summed E-state index contributed by atoms with van der Waals surface area (Å²) in [4.78, 5) is 1.01. The number of aliphatic hydroxyl groups is 1. The number of benzene rings is 1. The first-order valence-corrected chi connectivity index (χ1v) is 7.00. The third-order valence-corrected chi connectivity index (χ3v) is 3.92. The lowest BCUT2D eigenvalue weighted by molar-refractivity contribution is 0.252. The molecule has 1 aromatic rings. The van der Waals surface area contributed by atoms with Crippen molar-refractivity contribution in [3.8, 4) is 0 Å². The summed E-state index contributed by atoms with van der Waals surface area (Å²) in [7, 11) is 0. The second-order valence-electron chi connectivity index (χ2n) is 6.77. The maximum absolute atomic E-state index is 9.23. The Bertz CT molecular complexity index is 427. The van der Waals surface area contributed by atoms with Crippen molar-refractivity contribution >= 4 is 12.6 Å². The molecule has 18 heavy (non-hydrogen) atoms. The van der Waals surface area contributed by atoms with E-state index in [0.717, 1.165) is 11.3 Å². The Morgan fingerprint density at radius 1 is 1.06 bits per heavy atom. The van der Waals surface area contributed by atoms with Crippen molar-refractivity contribution in [2.75, 3.05) is 6.61 Å². The summed E-state index contributed by atoms with van der Waals surface area (Å²) >= 11 is 4.54. The van der Waals surface area contributed by atoms with Crippen LogP contribution in [0.5, 0.6) is 0 Å². The van der Waals surface area contributed by atoms with Crippen LogP contribution in [0, 0.1) is 6.92 Å². The Hall–Kier alpha value is -0.470. The van der Waals surface area contributed by atoms with Gasteiger partial charge in [-0.1, -0.05) is 34.6 Å². The summed E-state index contributed by atoms with van der Waals surface area (Å²) in [6.07, 6.45) is 0.772. The van der Waals surface area contributed by atoms with E-state index in [1.54, 1.807) is 0 Å². The highest BCUT2D eigenvalue weighted by Crippen LogP contribution is 2.37. The maximum Gasteiger partial charge on any atom is 0.0439 e. The molecule has 0 aromatic heterocycles. The Morgan fingerprint density at radius 2 is 1.56 bits per heavy atom. The van der Waals surface area contributed by atoms with Crippen LogP contribution in [0.3, 0.4) is 0 Å². The third kappa shape index (κ3) is 3.30. The van der Waals surface area contributed by atoms with Crippen LogP contribution >= 0.6 is 12.6 Å². The normalized spacial score (nSPS) is 12.9. The number of rotatable bonds is 3.